The molecular weight excluding hydrogens is 292 g/mol. The topological polar surface area (TPSA) is 17.1 Å². The Kier molecular flexibility index (Phi) is 4.10. The highest BCUT2D eigenvalue weighted by molar-refractivity contribution is 5.84. The SMILES string of the molecule is C#CCC(=O)[C@H]1CC[C@H]2[C@@H]3CC[C@@H]4CCCC[C@]4(C)[C@H]3CC[C@]12C. The van der Waals surface area contributed by atoms with Gasteiger partial charge in [0.1, 0.15) is 5.78 Å². The summed E-state index contributed by atoms with van der Waals surface area (Å²) in [6, 6.07) is 0. The fourth-order valence-corrected chi connectivity index (χ4v) is 8.05. The Morgan fingerprint density at radius 3 is 2.54 bits per heavy atom. The second-order valence-corrected chi connectivity index (χ2v) is 9.92. The van der Waals surface area contributed by atoms with Gasteiger partial charge in [0.2, 0.25) is 0 Å². The molecule has 4 rings (SSSR count). The molecule has 0 aromatic heterocycles. The van der Waals surface area contributed by atoms with Gasteiger partial charge in [0, 0.05) is 5.92 Å². The number of hydrogen-bond donors (Lipinski definition) is 0. The Labute approximate surface area is 148 Å². The summed E-state index contributed by atoms with van der Waals surface area (Å²) in [7, 11) is 0. The molecule has 4 fully saturated rings. The predicted molar refractivity (Wildman–Crippen MR) is 98.3 cm³/mol. The zero-order valence-corrected chi connectivity index (χ0v) is 15.7. The second-order valence-electron chi connectivity index (χ2n) is 9.92. The van der Waals surface area contributed by atoms with E-state index in [1.54, 1.807) is 0 Å². The van der Waals surface area contributed by atoms with Gasteiger partial charge >= 0.3 is 0 Å². The van der Waals surface area contributed by atoms with Crippen LogP contribution in [0.25, 0.3) is 0 Å². The van der Waals surface area contributed by atoms with Gasteiger partial charge in [-0.05, 0) is 85.9 Å². The van der Waals surface area contributed by atoms with Crippen LogP contribution in [0.3, 0.4) is 0 Å². The average molecular weight is 327 g/mol. The van der Waals surface area contributed by atoms with Gasteiger partial charge in [0.05, 0.1) is 6.42 Å². The van der Waals surface area contributed by atoms with Crippen molar-refractivity contribution in [3.63, 3.8) is 0 Å². The summed E-state index contributed by atoms with van der Waals surface area (Å²) < 4.78 is 0. The van der Waals surface area contributed by atoms with Crippen molar-refractivity contribution < 1.29 is 4.79 Å². The van der Waals surface area contributed by atoms with E-state index < -0.39 is 0 Å². The van der Waals surface area contributed by atoms with Gasteiger partial charge < -0.3 is 0 Å². The molecule has 132 valence electrons. The molecule has 1 nitrogen and oxygen atoms in total. The van der Waals surface area contributed by atoms with Gasteiger partial charge in [-0.15, -0.1) is 6.42 Å². The molecule has 0 amide bonds. The first-order valence-corrected chi connectivity index (χ1v) is 10.5. The number of Topliss-reactive ketones (excluding diaryl/α,β-unsaturated/α-hetero) is 1. The smallest absolute Gasteiger partial charge is 0.148 e. The highest BCUT2D eigenvalue weighted by Gasteiger charge is 2.60. The molecule has 4 aliphatic rings. The molecule has 0 saturated heterocycles. The minimum atomic E-state index is 0.243. The molecule has 0 unspecified atom stereocenters. The lowest BCUT2D eigenvalue weighted by molar-refractivity contribution is -0.134. The number of fused-ring (bicyclic) bond motifs is 5. The second kappa shape index (κ2) is 5.89. The normalized spacial score (nSPS) is 50.3. The third-order valence-corrected chi connectivity index (χ3v) is 9.25. The number of carbonyl (C=O) groups is 1. The van der Waals surface area contributed by atoms with Crippen LogP contribution in [0.2, 0.25) is 0 Å². The lowest BCUT2D eigenvalue weighted by atomic mass is 9.45. The van der Waals surface area contributed by atoms with Crippen LogP contribution in [0.1, 0.15) is 84.5 Å². The van der Waals surface area contributed by atoms with Gasteiger partial charge in [-0.2, -0.15) is 0 Å². The quantitative estimate of drug-likeness (QED) is 0.601. The van der Waals surface area contributed by atoms with E-state index in [1.165, 1.54) is 57.8 Å². The summed E-state index contributed by atoms with van der Waals surface area (Å²) >= 11 is 0. The largest absolute Gasteiger partial charge is 0.298 e. The van der Waals surface area contributed by atoms with Crippen molar-refractivity contribution in [2.24, 2.45) is 40.4 Å². The third kappa shape index (κ3) is 2.24. The molecule has 4 saturated carbocycles. The van der Waals surface area contributed by atoms with E-state index in [9.17, 15) is 4.79 Å². The van der Waals surface area contributed by atoms with Gasteiger partial charge in [0.15, 0.2) is 0 Å². The molecule has 0 N–H and O–H groups in total. The fraction of sp³-hybridized carbons (Fsp3) is 0.870. The van der Waals surface area contributed by atoms with Gasteiger partial charge in [-0.25, -0.2) is 0 Å². The Morgan fingerprint density at radius 1 is 0.958 bits per heavy atom. The van der Waals surface area contributed by atoms with Crippen molar-refractivity contribution in [2.45, 2.75) is 84.5 Å². The van der Waals surface area contributed by atoms with E-state index in [0.717, 1.165) is 30.1 Å². The molecule has 0 radical (unpaired) electrons. The van der Waals surface area contributed by atoms with Crippen LogP contribution in [0.15, 0.2) is 0 Å². The van der Waals surface area contributed by atoms with Crippen LogP contribution in [0.5, 0.6) is 0 Å². The summed E-state index contributed by atoms with van der Waals surface area (Å²) in [6.07, 6.45) is 19.5. The minimum absolute atomic E-state index is 0.243. The van der Waals surface area contributed by atoms with Crippen molar-refractivity contribution >= 4 is 5.78 Å². The molecule has 0 spiro atoms. The molecule has 0 aromatic rings. The van der Waals surface area contributed by atoms with Crippen LogP contribution in [-0.2, 0) is 4.79 Å². The Morgan fingerprint density at radius 2 is 1.75 bits per heavy atom. The molecule has 24 heavy (non-hydrogen) atoms. The van der Waals surface area contributed by atoms with Crippen molar-refractivity contribution in [3.8, 4) is 12.3 Å². The van der Waals surface area contributed by atoms with Crippen LogP contribution >= 0.6 is 0 Å². The van der Waals surface area contributed by atoms with Crippen LogP contribution in [0, 0.1) is 52.8 Å². The molecular formula is C23H34O. The maximum Gasteiger partial charge on any atom is 0.148 e. The van der Waals surface area contributed by atoms with Crippen molar-refractivity contribution in [1.82, 2.24) is 0 Å². The van der Waals surface area contributed by atoms with E-state index in [4.69, 9.17) is 6.42 Å². The maximum absolute atomic E-state index is 12.6. The summed E-state index contributed by atoms with van der Waals surface area (Å²) in [5.74, 6) is 6.79. The summed E-state index contributed by atoms with van der Waals surface area (Å²) in [4.78, 5) is 12.6. The molecule has 4 aliphatic carbocycles. The van der Waals surface area contributed by atoms with E-state index in [0.29, 0.717) is 17.6 Å². The average Bonchev–Trinajstić information content (AvgIpc) is 2.92. The predicted octanol–water partition coefficient (Wildman–Crippen LogP) is 5.63. The molecule has 0 aromatic carbocycles. The van der Waals surface area contributed by atoms with Crippen molar-refractivity contribution in [1.29, 1.82) is 0 Å². The first kappa shape index (κ1) is 16.7. The number of carbonyl (C=O) groups excluding carboxylic acids is 1. The Hall–Kier alpha value is -0.770. The summed E-state index contributed by atoms with van der Waals surface area (Å²) in [6.45, 7) is 5.07. The monoisotopic (exact) mass is 326 g/mol. The highest BCUT2D eigenvalue weighted by atomic mass is 16.1. The van der Waals surface area contributed by atoms with E-state index >= 15 is 0 Å². The molecule has 0 aliphatic heterocycles. The molecule has 0 heterocycles. The zero-order valence-electron chi connectivity index (χ0n) is 15.7. The number of rotatable bonds is 2. The zero-order chi connectivity index (χ0) is 16.9. The van der Waals surface area contributed by atoms with Gasteiger partial charge in [-0.1, -0.05) is 32.6 Å². The standard InChI is InChI=1S/C23H34O/c1-4-7-21(24)20-12-11-18-17-10-9-16-8-5-6-14-22(16,2)19(17)13-15-23(18,20)3/h1,16-20H,5-15H2,2-3H3/t16-,17-,18-,19-,20+,22-,23-/m0/s1. The van der Waals surface area contributed by atoms with Crippen LogP contribution in [-0.4, -0.2) is 5.78 Å². The highest BCUT2D eigenvalue weighted by Crippen LogP contribution is 2.67. The van der Waals surface area contributed by atoms with Gasteiger partial charge in [-0.3, -0.25) is 4.79 Å². The summed E-state index contributed by atoms with van der Waals surface area (Å²) in [5, 5.41) is 0. The first-order valence-electron chi connectivity index (χ1n) is 10.5. The third-order valence-electron chi connectivity index (χ3n) is 9.25. The molecule has 7 atom stereocenters. The van der Waals surface area contributed by atoms with Crippen molar-refractivity contribution in [3.05, 3.63) is 0 Å². The Balaban J connectivity index is 1.59. The van der Waals surface area contributed by atoms with Crippen LogP contribution in [0.4, 0.5) is 0 Å². The van der Waals surface area contributed by atoms with E-state index in [1.807, 2.05) is 0 Å². The van der Waals surface area contributed by atoms with Gasteiger partial charge in [0.25, 0.3) is 0 Å². The van der Waals surface area contributed by atoms with E-state index in [-0.39, 0.29) is 11.3 Å². The molecule has 0 bridgehead atoms. The molecule has 1 heteroatoms. The lowest BCUT2D eigenvalue weighted by Gasteiger charge is -2.60. The number of hydrogen-bond acceptors (Lipinski definition) is 1. The number of ketones is 1. The fourth-order valence-electron chi connectivity index (χ4n) is 8.05. The van der Waals surface area contributed by atoms with E-state index in [2.05, 4.69) is 19.8 Å². The first-order chi connectivity index (χ1) is 11.5. The van der Waals surface area contributed by atoms with Crippen LogP contribution < -0.4 is 0 Å². The summed E-state index contributed by atoms with van der Waals surface area (Å²) in [5.41, 5.74) is 0.844. The van der Waals surface area contributed by atoms with Crippen molar-refractivity contribution in [2.75, 3.05) is 0 Å². The Bertz CT molecular complexity index is 557. The maximum atomic E-state index is 12.6. The number of terminal acetylenes is 1. The lowest BCUT2D eigenvalue weighted by Crippen LogP contribution is -2.53. The minimum Gasteiger partial charge on any atom is -0.298 e.